The topological polar surface area (TPSA) is 53.6 Å². The molecule has 3 N–H and O–H groups in total. The minimum Gasteiger partial charge on any atom is -0.370 e. The van der Waals surface area contributed by atoms with Crippen molar-refractivity contribution in [1.82, 2.24) is 0 Å². The standard InChI is InChI=1S/C20H24N4.HI/c1-15-11-16(2)13-18(12-15)23-20(21)22-14-17-5-7-19(8-6-17)24-9-3-4-10-24;/h3-8,11-13H,9-10,14H2,1-2H3,(H3,21,22,23);1H. The van der Waals surface area contributed by atoms with E-state index in [2.05, 4.69) is 83.7 Å². The molecule has 1 heterocycles. The molecule has 2 aromatic carbocycles. The zero-order chi connectivity index (χ0) is 16.9. The van der Waals surface area contributed by atoms with Crippen LogP contribution in [0.1, 0.15) is 16.7 Å². The Hall–Kier alpha value is -2.02. The number of guanidine groups is 1. The van der Waals surface area contributed by atoms with Crippen molar-refractivity contribution in [3.05, 3.63) is 71.3 Å². The second-order valence-electron chi connectivity index (χ2n) is 6.25. The van der Waals surface area contributed by atoms with E-state index in [0.29, 0.717) is 12.5 Å². The molecule has 1 aliphatic rings. The molecule has 25 heavy (non-hydrogen) atoms. The molecule has 1 aliphatic heterocycles. The van der Waals surface area contributed by atoms with Gasteiger partial charge in [-0.05, 0) is 54.8 Å². The molecule has 0 aromatic heterocycles. The summed E-state index contributed by atoms with van der Waals surface area (Å²) in [6.07, 6.45) is 4.38. The lowest BCUT2D eigenvalue weighted by atomic mass is 10.1. The minimum atomic E-state index is 0. The molecule has 132 valence electrons. The summed E-state index contributed by atoms with van der Waals surface area (Å²) in [5, 5.41) is 3.16. The number of halogens is 1. The fourth-order valence-corrected chi connectivity index (χ4v) is 2.91. The highest BCUT2D eigenvalue weighted by Crippen LogP contribution is 2.18. The Labute approximate surface area is 166 Å². The number of nitrogens with two attached hydrogens (primary N) is 1. The number of anilines is 2. The van der Waals surface area contributed by atoms with E-state index in [1.807, 2.05) is 0 Å². The fourth-order valence-electron chi connectivity index (χ4n) is 2.91. The van der Waals surface area contributed by atoms with Crippen LogP contribution in [0, 0.1) is 13.8 Å². The molecule has 5 heteroatoms. The molecule has 0 atom stereocenters. The van der Waals surface area contributed by atoms with Gasteiger partial charge in [0.25, 0.3) is 0 Å². The van der Waals surface area contributed by atoms with Crippen LogP contribution in [0.5, 0.6) is 0 Å². The third kappa shape index (κ3) is 5.49. The van der Waals surface area contributed by atoms with Crippen molar-refractivity contribution < 1.29 is 0 Å². The van der Waals surface area contributed by atoms with Gasteiger partial charge in [0.1, 0.15) is 0 Å². The van der Waals surface area contributed by atoms with Gasteiger partial charge in [-0.2, -0.15) is 0 Å². The Morgan fingerprint density at radius 3 is 2.24 bits per heavy atom. The Bertz CT molecular complexity index is 738. The van der Waals surface area contributed by atoms with Gasteiger partial charge < -0.3 is 16.0 Å². The number of hydrogen-bond acceptors (Lipinski definition) is 2. The highest BCUT2D eigenvalue weighted by atomic mass is 127. The number of nitrogens with one attached hydrogen (secondary N) is 1. The lowest BCUT2D eigenvalue weighted by Crippen LogP contribution is -2.22. The van der Waals surface area contributed by atoms with Gasteiger partial charge in [-0.25, -0.2) is 4.99 Å². The van der Waals surface area contributed by atoms with E-state index < -0.39 is 0 Å². The highest BCUT2D eigenvalue weighted by molar-refractivity contribution is 14.0. The molecule has 0 aliphatic carbocycles. The summed E-state index contributed by atoms with van der Waals surface area (Å²) >= 11 is 0. The first-order valence-electron chi connectivity index (χ1n) is 8.24. The van der Waals surface area contributed by atoms with E-state index >= 15 is 0 Å². The summed E-state index contributed by atoms with van der Waals surface area (Å²) < 4.78 is 0. The van der Waals surface area contributed by atoms with E-state index in [1.165, 1.54) is 16.8 Å². The predicted molar refractivity (Wildman–Crippen MR) is 118 cm³/mol. The van der Waals surface area contributed by atoms with Gasteiger partial charge in [0.05, 0.1) is 6.54 Å². The summed E-state index contributed by atoms with van der Waals surface area (Å²) in [5.41, 5.74) is 11.8. The van der Waals surface area contributed by atoms with Crippen LogP contribution >= 0.6 is 24.0 Å². The van der Waals surface area contributed by atoms with Crippen molar-refractivity contribution in [3.8, 4) is 0 Å². The fraction of sp³-hybridized carbons (Fsp3) is 0.250. The highest BCUT2D eigenvalue weighted by Gasteiger charge is 2.06. The number of rotatable bonds is 4. The quantitative estimate of drug-likeness (QED) is 0.319. The van der Waals surface area contributed by atoms with Crippen LogP contribution in [-0.2, 0) is 6.54 Å². The maximum atomic E-state index is 6.01. The zero-order valence-corrected chi connectivity index (χ0v) is 17.0. The van der Waals surface area contributed by atoms with Crippen LogP contribution < -0.4 is 16.0 Å². The van der Waals surface area contributed by atoms with Crippen molar-refractivity contribution in [3.63, 3.8) is 0 Å². The Balaban J connectivity index is 0.00000225. The Kier molecular flexibility index (Phi) is 6.87. The molecule has 3 rings (SSSR count). The third-order valence-electron chi connectivity index (χ3n) is 4.05. The number of hydrogen-bond donors (Lipinski definition) is 2. The normalized spacial score (nSPS) is 13.7. The first kappa shape index (κ1) is 19.3. The third-order valence-corrected chi connectivity index (χ3v) is 4.05. The van der Waals surface area contributed by atoms with Crippen LogP contribution in [0.2, 0.25) is 0 Å². The second-order valence-corrected chi connectivity index (χ2v) is 6.25. The maximum Gasteiger partial charge on any atom is 0.193 e. The van der Waals surface area contributed by atoms with E-state index in [4.69, 9.17) is 5.73 Å². The predicted octanol–water partition coefficient (Wildman–Crippen LogP) is 4.22. The SMILES string of the molecule is Cc1cc(C)cc(NC(N)=NCc2ccc(N3CC=CC3)cc2)c1.I. The van der Waals surface area contributed by atoms with Crippen LogP contribution in [0.25, 0.3) is 0 Å². The van der Waals surface area contributed by atoms with E-state index in [1.54, 1.807) is 0 Å². The first-order chi connectivity index (χ1) is 11.6. The molecule has 0 bridgehead atoms. The largest absolute Gasteiger partial charge is 0.370 e. The molecule has 0 spiro atoms. The molecule has 0 amide bonds. The van der Waals surface area contributed by atoms with Crippen LogP contribution in [0.15, 0.2) is 59.6 Å². The van der Waals surface area contributed by atoms with Crippen molar-refractivity contribution in [2.75, 3.05) is 23.3 Å². The van der Waals surface area contributed by atoms with Gasteiger partial charge in [-0.1, -0.05) is 30.4 Å². The number of benzene rings is 2. The monoisotopic (exact) mass is 448 g/mol. The summed E-state index contributed by atoms with van der Waals surface area (Å²) in [6, 6.07) is 14.8. The number of aryl methyl sites for hydroxylation is 2. The van der Waals surface area contributed by atoms with Crippen molar-refractivity contribution >= 4 is 41.3 Å². The van der Waals surface area contributed by atoms with Gasteiger partial charge >= 0.3 is 0 Å². The van der Waals surface area contributed by atoms with Crippen LogP contribution in [0.4, 0.5) is 11.4 Å². The molecule has 4 nitrogen and oxygen atoms in total. The first-order valence-corrected chi connectivity index (χ1v) is 8.24. The van der Waals surface area contributed by atoms with E-state index in [-0.39, 0.29) is 24.0 Å². The summed E-state index contributed by atoms with van der Waals surface area (Å²) in [5.74, 6) is 0.438. The van der Waals surface area contributed by atoms with Gasteiger partial charge in [-0.15, -0.1) is 24.0 Å². The average Bonchev–Trinajstić information content (AvgIpc) is 3.07. The molecule has 0 saturated carbocycles. The summed E-state index contributed by atoms with van der Waals surface area (Å²) in [6.45, 7) is 6.70. The van der Waals surface area contributed by atoms with Crippen molar-refractivity contribution in [2.24, 2.45) is 10.7 Å². The summed E-state index contributed by atoms with van der Waals surface area (Å²) in [7, 11) is 0. The van der Waals surface area contributed by atoms with Crippen LogP contribution in [-0.4, -0.2) is 19.0 Å². The van der Waals surface area contributed by atoms with E-state index in [9.17, 15) is 0 Å². The van der Waals surface area contributed by atoms with Gasteiger partial charge in [0, 0.05) is 24.5 Å². The Morgan fingerprint density at radius 2 is 1.64 bits per heavy atom. The maximum absolute atomic E-state index is 6.01. The van der Waals surface area contributed by atoms with Crippen molar-refractivity contribution in [2.45, 2.75) is 20.4 Å². The molecular weight excluding hydrogens is 423 g/mol. The smallest absolute Gasteiger partial charge is 0.193 e. The number of aliphatic imine (C=N–C) groups is 1. The number of nitrogens with zero attached hydrogens (tertiary/aromatic N) is 2. The minimum absolute atomic E-state index is 0. The molecule has 0 fully saturated rings. The average molecular weight is 448 g/mol. The Morgan fingerprint density at radius 1 is 1.04 bits per heavy atom. The molecular formula is C20H25IN4. The van der Waals surface area contributed by atoms with Gasteiger partial charge in [0.15, 0.2) is 5.96 Å². The summed E-state index contributed by atoms with van der Waals surface area (Å²) in [4.78, 5) is 6.76. The molecule has 0 saturated heterocycles. The molecule has 0 radical (unpaired) electrons. The van der Waals surface area contributed by atoms with Gasteiger partial charge in [0.2, 0.25) is 0 Å². The second kappa shape index (κ2) is 8.89. The van der Waals surface area contributed by atoms with Crippen LogP contribution in [0.3, 0.4) is 0 Å². The zero-order valence-electron chi connectivity index (χ0n) is 14.7. The van der Waals surface area contributed by atoms with Gasteiger partial charge in [-0.3, -0.25) is 0 Å². The molecule has 0 unspecified atom stereocenters. The lowest BCUT2D eigenvalue weighted by Gasteiger charge is -2.17. The van der Waals surface area contributed by atoms with E-state index in [0.717, 1.165) is 24.3 Å². The molecule has 2 aromatic rings. The lowest BCUT2D eigenvalue weighted by molar-refractivity contribution is 1.000. The van der Waals surface area contributed by atoms with Crippen molar-refractivity contribution in [1.29, 1.82) is 0 Å².